The Labute approximate surface area is 166 Å². The van der Waals surface area contributed by atoms with Crippen molar-refractivity contribution in [1.29, 1.82) is 0 Å². The van der Waals surface area contributed by atoms with Gasteiger partial charge in [0.25, 0.3) is 5.91 Å². The minimum Gasteiger partial charge on any atom is -0.497 e. The highest BCUT2D eigenvalue weighted by Gasteiger charge is 2.15. The second-order valence-corrected chi connectivity index (χ2v) is 7.18. The van der Waals surface area contributed by atoms with Crippen LogP contribution in [0.1, 0.15) is 68.6 Å². The number of nitrogens with zero attached hydrogens (tertiary/aromatic N) is 1. The van der Waals surface area contributed by atoms with Crippen LogP contribution in [0.5, 0.6) is 11.5 Å². The van der Waals surface area contributed by atoms with Gasteiger partial charge in [-0.3, -0.25) is 9.59 Å². The minimum atomic E-state index is -0.392. The Hall–Kier alpha value is -2.57. The van der Waals surface area contributed by atoms with Gasteiger partial charge in [-0.15, -0.1) is 0 Å². The van der Waals surface area contributed by atoms with Crippen molar-refractivity contribution in [3.63, 3.8) is 0 Å². The Bertz CT molecular complexity index is 673. The highest BCUT2D eigenvalue weighted by Crippen LogP contribution is 2.22. The quantitative estimate of drug-likeness (QED) is 0.552. The lowest BCUT2D eigenvalue weighted by Crippen LogP contribution is -2.36. The first-order chi connectivity index (χ1) is 13.5. The Morgan fingerprint density at radius 2 is 1.57 bits per heavy atom. The molecule has 0 aromatic heterocycles. The largest absolute Gasteiger partial charge is 0.497 e. The molecular formula is C21H31N3O4. The number of rotatable bonds is 7. The molecule has 0 spiro atoms. The molecular weight excluding hydrogens is 358 g/mol. The maximum absolute atomic E-state index is 12.3. The van der Waals surface area contributed by atoms with Gasteiger partial charge in [0, 0.05) is 23.4 Å². The molecule has 2 rings (SSSR count). The summed E-state index contributed by atoms with van der Waals surface area (Å²) >= 11 is 0. The van der Waals surface area contributed by atoms with Crippen LogP contribution in [0.3, 0.4) is 0 Å². The van der Waals surface area contributed by atoms with Gasteiger partial charge in [-0.1, -0.05) is 32.1 Å². The van der Waals surface area contributed by atoms with Crippen molar-refractivity contribution in [2.45, 2.75) is 64.3 Å². The fourth-order valence-electron chi connectivity index (χ4n) is 3.30. The van der Waals surface area contributed by atoms with Gasteiger partial charge in [0.2, 0.25) is 5.91 Å². The summed E-state index contributed by atoms with van der Waals surface area (Å²) in [5.74, 6) is 0.591. The van der Waals surface area contributed by atoms with Crippen molar-refractivity contribution in [2.24, 2.45) is 5.10 Å². The Morgan fingerprint density at radius 3 is 2.14 bits per heavy atom. The number of amides is 2. The number of benzene rings is 1. The molecule has 1 aliphatic carbocycles. The molecule has 0 aliphatic heterocycles. The molecule has 1 aromatic carbocycles. The zero-order valence-electron chi connectivity index (χ0n) is 17.0. The maximum Gasteiger partial charge on any atom is 0.271 e. The highest BCUT2D eigenvalue weighted by atomic mass is 16.5. The Kier molecular flexibility index (Phi) is 8.78. The van der Waals surface area contributed by atoms with Gasteiger partial charge in [0.15, 0.2) is 0 Å². The number of hydrogen-bond acceptors (Lipinski definition) is 5. The fraction of sp³-hybridized carbons (Fsp3) is 0.571. The third-order valence-corrected chi connectivity index (χ3v) is 4.85. The fourth-order valence-corrected chi connectivity index (χ4v) is 3.30. The van der Waals surface area contributed by atoms with E-state index in [9.17, 15) is 9.59 Å². The van der Waals surface area contributed by atoms with Crippen molar-refractivity contribution in [1.82, 2.24) is 10.7 Å². The van der Waals surface area contributed by atoms with Crippen LogP contribution in [0, 0.1) is 0 Å². The average molecular weight is 389 g/mol. The highest BCUT2D eigenvalue weighted by molar-refractivity contribution is 6.01. The molecule has 1 saturated carbocycles. The van der Waals surface area contributed by atoms with Crippen LogP contribution in [0.15, 0.2) is 23.3 Å². The van der Waals surface area contributed by atoms with Gasteiger partial charge in [0.05, 0.1) is 20.6 Å². The molecule has 1 aliphatic rings. The summed E-state index contributed by atoms with van der Waals surface area (Å²) in [6.07, 6.45) is 8.36. The molecule has 0 radical (unpaired) electrons. The van der Waals surface area contributed by atoms with Crippen molar-refractivity contribution in [3.8, 4) is 11.5 Å². The van der Waals surface area contributed by atoms with Gasteiger partial charge in [0.1, 0.15) is 11.5 Å². The van der Waals surface area contributed by atoms with E-state index in [1.165, 1.54) is 33.5 Å². The molecule has 154 valence electrons. The molecule has 7 nitrogen and oxygen atoms in total. The van der Waals surface area contributed by atoms with E-state index < -0.39 is 5.91 Å². The van der Waals surface area contributed by atoms with E-state index in [4.69, 9.17) is 9.47 Å². The molecule has 7 heteroatoms. The van der Waals surface area contributed by atoms with E-state index in [1.54, 1.807) is 25.1 Å². The van der Waals surface area contributed by atoms with E-state index in [1.807, 2.05) is 0 Å². The molecule has 28 heavy (non-hydrogen) atoms. The second kappa shape index (κ2) is 11.3. The summed E-state index contributed by atoms with van der Waals surface area (Å²) in [4.78, 5) is 24.6. The number of carbonyl (C=O) groups is 2. The van der Waals surface area contributed by atoms with Crippen LogP contribution in [0.25, 0.3) is 0 Å². The van der Waals surface area contributed by atoms with Crippen molar-refractivity contribution in [3.05, 3.63) is 23.8 Å². The Morgan fingerprint density at radius 1 is 1.00 bits per heavy atom. The zero-order valence-corrected chi connectivity index (χ0v) is 17.0. The van der Waals surface area contributed by atoms with E-state index >= 15 is 0 Å². The average Bonchev–Trinajstić information content (AvgIpc) is 2.67. The van der Waals surface area contributed by atoms with E-state index in [-0.39, 0.29) is 18.4 Å². The predicted molar refractivity (Wildman–Crippen MR) is 109 cm³/mol. The van der Waals surface area contributed by atoms with Gasteiger partial charge in [-0.2, -0.15) is 5.10 Å². The molecule has 0 atom stereocenters. The molecule has 0 heterocycles. The molecule has 1 fully saturated rings. The molecule has 2 amide bonds. The third kappa shape index (κ3) is 7.21. The lowest BCUT2D eigenvalue weighted by molar-refractivity contribution is -0.120. The van der Waals surface area contributed by atoms with Gasteiger partial charge < -0.3 is 14.8 Å². The van der Waals surface area contributed by atoms with Gasteiger partial charge >= 0.3 is 0 Å². The van der Waals surface area contributed by atoms with E-state index in [0.29, 0.717) is 22.8 Å². The zero-order chi connectivity index (χ0) is 20.4. The van der Waals surface area contributed by atoms with Crippen LogP contribution in [0.4, 0.5) is 0 Å². The lowest BCUT2D eigenvalue weighted by atomic mass is 9.96. The van der Waals surface area contributed by atoms with Crippen LogP contribution >= 0.6 is 0 Å². The van der Waals surface area contributed by atoms with Crippen LogP contribution in [-0.2, 0) is 4.79 Å². The first-order valence-electron chi connectivity index (χ1n) is 9.87. The van der Waals surface area contributed by atoms with Crippen molar-refractivity contribution < 1.29 is 19.1 Å². The summed E-state index contributed by atoms with van der Waals surface area (Å²) in [6, 6.07) is 5.14. The lowest BCUT2D eigenvalue weighted by Gasteiger charge is -2.21. The SMILES string of the molecule is COc1cc(OC)cc(C(=O)N/N=C(\C)CC(=O)NC2CCCCCCC2)c1. The van der Waals surface area contributed by atoms with Crippen LogP contribution in [0.2, 0.25) is 0 Å². The summed E-state index contributed by atoms with van der Waals surface area (Å²) in [6.45, 7) is 1.73. The van der Waals surface area contributed by atoms with Crippen LogP contribution < -0.4 is 20.2 Å². The number of ether oxygens (including phenoxy) is 2. The van der Waals surface area contributed by atoms with Crippen molar-refractivity contribution >= 4 is 17.5 Å². The molecule has 2 N–H and O–H groups in total. The monoisotopic (exact) mass is 389 g/mol. The molecule has 0 saturated heterocycles. The van der Waals surface area contributed by atoms with E-state index in [2.05, 4.69) is 15.8 Å². The van der Waals surface area contributed by atoms with Crippen molar-refractivity contribution in [2.75, 3.05) is 14.2 Å². The predicted octanol–water partition coefficient (Wildman–Crippen LogP) is 3.43. The summed E-state index contributed by atoms with van der Waals surface area (Å²) in [5.41, 5.74) is 3.40. The third-order valence-electron chi connectivity index (χ3n) is 4.85. The second-order valence-electron chi connectivity index (χ2n) is 7.18. The molecule has 0 unspecified atom stereocenters. The summed E-state index contributed by atoms with van der Waals surface area (Å²) in [5, 5.41) is 7.15. The number of nitrogens with one attached hydrogen (secondary N) is 2. The standard InChI is InChI=1S/C21H31N3O4/c1-15(11-20(25)22-17-9-7-5-4-6-8-10-17)23-24-21(26)16-12-18(27-2)14-19(13-16)28-3/h12-14,17H,4-11H2,1-3H3,(H,22,25)(H,24,26)/b23-15+. The normalized spacial score (nSPS) is 15.9. The number of hydrazone groups is 1. The van der Waals surface area contributed by atoms with Crippen LogP contribution in [-0.4, -0.2) is 37.8 Å². The number of carbonyl (C=O) groups excluding carboxylic acids is 2. The first-order valence-corrected chi connectivity index (χ1v) is 9.87. The Balaban J connectivity index is 1.87. The summed E-state index contributed by atoms with van der Waals surface area (Å²) < 4.78 is 10.3. The number of hydrogen-bond donors (Lipinski definition) is 2. The van der Waals surface area contributed by atoms with E-state index in [0.717, 1.165) is 25.7 Å². The maximum atomic E-state index is 12.3. The minimum absolute atomic E-state index is 0.0517. The molecule has 1 aromatic rings. The summed E-state index contributed by atoms with van der Waals surface area (Å²) in [7, 11) is 3.04. The van der Waals surface area contributed by atoms with Gasteiger partial charge in [-0.25, -0.2) is 5.43 Å². The first kappa shape index (κ1) is 21.7. The van der Waals surface area contributed by atoms with Gasteiger partial charge in [-0.05, 0) is 31.9 Å². The smallest absolute Gasteiger partial charge is 0.271 e. The number of methoxy groups -OCH3 is 2. The topological polar surface area (TPSA) is 89.0 Å². The molecule has 0 bridgehead atoms.